The van der Waals surface area contributed by atoms with Crippen LogP contribution in [0.1, 0.15) is 24.2 Å². The lowest BCUT2D eigenvalue weighted by molar-refractivity contribution is 0.0673. The van der Waals surface area contributed by atoms with Crippen LogP contribution in [0.15, 0.2) is 6.20 Å². The minimum Gasteiger partial charge on any atom is -0.383 e. The van der Waals surface area contributed by atoms with Crippen LogP contribution in [0.25, 0.3) is 0 Å². The predicted octanol–water partition coefficient (Wildman–Crippen LogP) is 0.737. The number of carbonyl (C=O) groups is 1. The maximum atomic E-state index is 12.2. The number of carbonyl (C=O) groups excluding carboxylic acids is 1. The molecule has 6 heteroatoms. The van der Waals surface area contributed by atoms with Crippen molar-refractivity contribution in [2.24, 2.45) is 5.92 Å². The summed E-state index contributed by atoms with van der Waals surface area (Å²) < 4.78 is 5.00. The maximum absolute atomic E-state index is 12.2. The lowest BCUT2D eigenvalue weighted by atomic mass is 10.2. The van der Waals surface area contributed by atoms with Gasteiger partial charge in [-0.15, -0.1) is 0 Å². The van der Waals surface area contributed by atoms with Crippen molar-refractivity contribution < 1.29 is 9.53 Å². The maximum Gasteiger partial charge on any atom is 0.259 e. The number of nitrogens with zero attached hydrogens (tertiary/aromatic N) is 2. The second-order valence-electron chi connectivity index (χ2n) is 4.34. The number of nitrogen functional groups attached to an aromatic ring is 1. The van der Waals surface area contributed by atoms with Gasteiger partial charge < -0.3 is 15.4 Å². The Morgan fingerprint density at radius 1 is 1.65 bits per heavy atom. The van der Waals surface area contributed by atoms with E-state index in [1.54, 1.807) is 12.0 Å². The molecule has 0 aliphatic rings. The van der Waals surface area contributed by atoms with Crippen LogP contribution in [0.4, 0.5) is 5.82 Å². The molecular weight excluding hydrogens is 220 g/mol. The van der Waals surface area contributed by atoms with E-state index >= 15 is 0 Å². The highest BCUT2D eigenvalue weighted by Crippen LogP contribution is 2.11. The van der Waals surface area contributed by atoms with Crippen molar-refractivity contribution in [3.05, 3.63) is 11.8 Å². The molecule has 0 aromatic carbocycles. The Labute approximate surface area is 101 Å². The van der Waals surface area contributed by atoms with Gasteiger partial charge in [0.1, 0.15) is 11.4 Å². The van der Waals surface area contributed by atoms with E-state index in [4.69, 9.17) is 10.5 Å². The average molecular weight is 240 g/mol. The summed E-state index contributed by atoms with van der Waals surface area (Å²) in [5.41, 5.74) is 6.06. The molecule has 0 unspecified atom stereocenters. The third-order valence-electron chi connectivity index (χ3n) is 2.34. The summed E-state index contributed by atoms with van der Waals surface area (Å²) in [6, 6.07) is 0. The van der Waals surface area contributed by atoms with Crippen LogP contribution in [0, 0.1) is 5.92 Å². The number of ether oxygens (including phenoxy) is 1. The average Bonchev–Trinajstić information content (AvgIpc) is 2.69. The lowest BCUT2D eigenvalue weighted by Crippen LogP contribution is -2.36. The van der Waals surface area contributed by atoms with E-state index < -0.39 is 0 Å². The Morgan fingerprint density at radius 3 is 2.82 bits per heavy atom. The number of H-pyrrole nitrogens is 1. The van der Waals surface area contributed by atoms with E-state index in [0.717, 1.165) is 0 Å². The highest BCUT2D eigenvalue weighted by molar-refractivity contribution is 5.98. The number of amides is 1. The SMILES string of the molecule is COCCN(CC(C)C)C(=O)c1cn[nH]c1N. The summed E-state index contributed by atoms with van der Waals surface area (Å²) in [6.07, 6.45) is 1.46. The van der Waals surface area contributed by atoms with Gasteiger partial charge in [0.05, 0.1) is 12.8 Å². The minimum atomic E-state index is -0.109. The molecule has 1 heterocycles. The van der Waals surface area contributed by atoms with Gasteiger partial charge in [0.15, 0.2) is 0 Å². The van der Waals surface area contributed by atoms with Crippen molar-refractivity contribution in [2.75, 3.05) is 32.5 Å². The van der Waals surface area contributed by atoms with Crippen LogP contribution in [-0.4, -0.2) is 47.8 Å². The number of rotatable bonds is 6. The molecule has 1 aromatic rings. The number of hydrogen-bond donors (Lipinski definition) is 2. The second kappa shape index (κ2) is 6.24. The number of aromatic nitrogens is 2. The number of methoxy groups -OCH3 is 1. The van der Waals surface area contributed by atoms with Crippen LogP contribution in [-0.2, 0) is 4.74 Å². The monoisotopic (exact) mass is 240 g/mol. The Bertz CT molecular complexity index is 362. The van der Waals surface area contributed by atoms with Crippen molar-refractivity contribution in [2.45, 2.75) is 13.8 Å². The summed E-state index contributed by atoms with van der Waals surface area (Å²) in [5, 5.41) is 6.32. The number of hydrogen-bond acceptors (Lipinski definition) is 4. The molecule has 96 valence electrons. The Balaban J connectivity index is 2.75. The van der Waals surface area contributed by atoms with Crippen LogP contribution >= 0.6 is 0 Å². The van der Waals surface area contributed by atoms with Crippen LogP contribution < -0.4 is 5.73 Å². The summed E-state index contributed by atoms with van der Waals surface area (Å²) in [4.78, 5) is 13.9. The minimum absolute atomic E-state index is 0.109. The van der Waals surface area contributed by atoms with Gasteiger partial charge >= 0.3 is 0 Å². The standard InChI is InChI=1S/C11H20N4O2/c1-8(2)7-15(4-5-17-3)11(16)9-6-13-14-10(9)12/h6,8H,4-5,7H2,1-3H3,(H3,12,13,14). The first kappa shape index (κ1) is 13.5. The predicted molar refractivity (Wildman–Crippen MR) is 65.6 cm³/mol. The molecule has 0 radical (unpaired) electrons. The molecule has 0 atom stereocenters. The molecule has 0 fully saturated rings. The Kier molecular flexibility index (Phi) is 4.96. The quantitative estimate of drug-likeness (QED) is 0.768. The normalized spacial score (nSPS) is 10.8. The zero-order valence-corrected chi connectivity index (χ0v) is 10.6. The van der Waals surface area contributed by atoms with Gasteiger partial charge in [0.2, 0.25) is 0 Å². The molecule has 1 aromatic heterocycles. The van der Waals surface area contributed by atoms with E-state index in [1.165, 1.54) is 6.20 Å². The molecule has 0 spiro atoms. The van der Waals surface area contributed by atoms with Gasteiger partial charge in [-0.3, -0.25) is 9.89 Å². The molecular formula is C11H20N4O2. The Hall–Kier alpha value is -1.56. The fraction of sp³-hybridized carbons (Fsp3) is 0.636. The zero-order chi connectivity index (χ0) is 12.8. The van der Waals surface area contributed by atoms with Crippen LogP contribution in [0.5, 0.6) is 0 Å². The van der Waals surface area contributed by atoms with Gasteiger partial charge in [-0.05, 0) is 5.92 Å². The smallest absolute Gasteiger partial charge is 0.259 e. The summed E-state index contributed by atoms with van der Waals surface area (Å²) >= 11 is 0. The number of nitrogens with two attached hydrogens (primary N) is 1. The van der Waals surface area contributed by atoms with Gasteiger partial charge in [0.25, 0.3) is 5.91 Å². The number of nitrogens with one attached hydrogen (secondary N) is 1. The highest BCUT2D eigenvalue weighted by atomic mass is 16.5. The van der Waals surface area contributed by atoms with Gasteiger partial charge in [-0.25, -0.2) is 0 Å². The third-order valence-corrected chi connectivity index (χ3v) is 2.34. The molecule has 17 heavy (non-hydrogen) atoms. The molecule has 0 aliphatic carbocycles. The Morgan fingerprint density at radius 2 is 2.35 bits per heavy atom. The van der Waals surface area contributed by atoms with Crippen molar-refractivity contribution in [1.82, 2.24) is 15.1 Å². The fourth-order valence-corrected chi connectivity index (χ4v) is 1.55. The molecule has 3 N–H and O–H groups in total. The topological polar surface area (TPSA) is 84.2 Å². The first-order valence-electron chi connectivity index (χ1n) is 5.63. The van der Waals surface area contributed by atoms with Crippen molar-refractivity contribution in [3.63, 3.8) is 0 Å². The van der Waals surface area contributed by atoms with E-state index in [1.807, 2.05) is 0 Å². The van der Waals surface area contributed by atoms with Gasteiger partial charge in [-0.1, -0.05) is 13.8 Å². The van der Waals surface area contributed by atoms with Crippen molar-refractivity contribution in [1.29, 1.82) is 0 Å². The molecule has 1 rings (SSSR count). The van der Waals surface area contributed by atoms with E-state index in [0.29, 0.717) is 37.0 Å². The van der Waals surface area contributed by atoms with Gasteiger partial charge in [-0.2, -0.15) is 5.10 Å². The molecule has 1 amide bonds. The number of aromatic amines is 1. The van der Waals surface area contributed by atoms with Crippen LogP contribution in [0.3, 0.4) is 0 Å². The third kappa shape index (κ3) is 3.74. The molecule has 0 aliphatic heterocycles. The van der Waals surface area contributed by atoms with E-state index in [9.17, 15) is 4.79 Å². The highest BCUT2D eigenvalue weighted by Gasteiger charge is 2.19. The fourth-order valence-electron chi connectivity index (χ4n) is 1.55. The van der Waals surface area contributed by atoms with Gasteiger partial charge in [0, 0.05) is 20.2 Å². The van der Waals surface area contributed by atoms with Crippen molar-refractivity contribution >= 4 is 11.7 Å². The van der Waals surface area contributed by atoms with Crippen molar-refractivity contribution in [3.8, 4) is 0 Å². The lowest BCUT2D eigenvalue weighted by Gasteiger charge is -2.23. The first-order chi connectivity index (χ1) is 8.06. The van der Waals surface area contributed by atoms with E-state index in [-0.39, 0.29) is 5.91 Å². The largest absolute Gasteiger partial charge is 0.383 e. The second-order valence-corrected chi connectivity index (χ2v) is 4.34. The summed E-state index contributed by atoms with van der Waals surface area (Å²) in [5.74, 6) is 0.590. The molecule has 0 saturated carbocycles. The van der Waals surface area contributed by atoms with E-state index in [2.05, 4.69) is 24.0 Å². The van der Waals surface area contributed by atoms with Crippen LogP contribution in [0.2, 0.25) is 0 Å². The summed E-state index contributed by atoms with van der Waals surface area (Å²) in [7, 11) is 1.62. The molecule has 6 nitrogen and oxygen atoms in total. The number of anilines is 1. The molecule has 0 bridgehead atoms. The molecule has 0 saturated heterocycles. The first-order valence-corrected chi connectivity index (χ1v) is 5.63. The summed E-state index contributed by atoms with van der Waals surface area (Å²) in [6.45, 7) is 5.86. The zero-order valence-electron chi connectivity index (χ0n) is 10.6.